The first-order valence-corrected chi connectivity index (χ1v) is 9.18. The van der Waals surface area contributed by atoms with Gasteiger partial charge < -0.3 is 4.90 Å². The van der Waals surface area contributed by atoms with Gasteiger partial charge in [0, 0.05) is 42.3 Å². The normalized spacial score (nSPS) is 11.1. The predicted octanol–water partition coefficient (Wildman–Crippen LogP) is 3.76. The van der Waals surface area contributed by atoms with E-state index in [1.165, 1.54) is 0 Å². The van der Waals surface area contributed by atoms with Gasteiger partial charge in [0.1, 0.15) is 5.69 Å². The fraction of sp³-hybridized carbons (Fsp3) is 0.0909. The molecule has 0 fully saturated rings. The van der Waals surface area contributed by atoms with Gasteiger partial charge in [-0.25, -0.2) is 4.98 Å². The fourth-order valence-electron chi connectivity index (χ4n) is 3.17. The monoisotopic (exact) mass is 379 g/mol. The van der Waals surface area contributed by atoms with Gasteiger partial charge in [0.25, 0.3) is 0 Å². The van der Waals surface area contributed by atoms with E-state index in [1.54, 1.807) is 6.20 Å². The molecule has 0 radical (unpaired) electrons. The van der Waals surface area contributed by atoms with Crippen LogP contribution in [0.3, 0.4) is 0 Å². The molecule has 0 spiro atoms. The first-order chi connectivity index (χ1) is 14.2. The molecule has 5 rings (SSSR count). The topological polar surface area (TPSA) is 80.6 Å². The van der Waals surface area contributed by atoms with Crippen LogP contribution < -0.4 is 4.90 Å². The van der Waals surface area contributed by atoms with Crippen LogP contribution >= 0.6 is 0 Å². The van der Waals surface area contributed by atoms with Crippen molar-refractivity contribution in [3.63, 3.8) is 0 Å². The van der Waals surface area contributed by atoms with Crippen molar-refractivity contribution in [3.05, 3.63) is 66.9 Å². The average Bonchev–Trinajstić information content (AvgIpc) is 2.77. The van der Waals surface area contributed by atoms with E-state index in [0.29, 0.717) is 17.3 Å². The summed E-state index contributed by atoms with van der Waals surface area (Å²) in [6.07, 6.45) is 1.69. The lowest BCUT2D eigenvalue weighted by atomic mass is 10.1. The minimum absolute atomic E-state index is 0.399. The van der Waals surface area contributed by atoms with Gasteiger partial charge in [-0.2, -0.15) is 0 Å². The maximum absolute atomic E-state index is 4.84. The third-order valence-corrected chi connectivity index (χ3v) is 4.74. The van der Waals surface area contributed by atoms with Gasteiger partial charge in [0.2, 0.25) is 11.6 Å². The highest BCUT2D eigenvalue weighted by Gasteiger charge is 2.09. The van der Waals surface area contributed by atoms with Crippen molar-refractivity contribution in [2.45, 2.75) is 0 Å². The van der Waals surface area contributed by atoms with Gasteiger partial charge in [0.05, 0.1) is 11.0 Å². The Balaban J connectivity index is 1.55. The van der Waals surface area contributed by atoms with E-state index >= 15 is 0 Å². The number of aromatic nitrogens is 6. The van der Waals surface area contributed by atoms with E-state index in [1.807, 2.05) is 50.5 Å². The quantitative estimate of drug-likeness (QED) is 0.442. The van der Waals surface area contributed by atoms with Crippen LogP contribution in [0, 0.1) is 0 Å². The van der Waals surface area contributed by atoms with Gasteiger partial charge >= 0.3 is 0 Å². The van der Waals surface area contributed by atoms with Crippen molar-refractivity contribution in [2.24, 2.45) is 0 Å². The summed E-state index contributed by atoms with van der Waals surface area (Å²) in [7, 11) is 4.04. The Morgan fingerprint density at radius 3 is 2.14 bits per heavy atom. The molecule has 0 amide bonds. The van der Waals surface area contributed by atoms with Crippen LogP contribution in [0.25, 0.3) is 44.7 Å². The summed E-state index contributed by atoms with van der Waals surface area (Å²) in [4.78, 5) is 11.1. The van der Waals surface area contributed by atoms with Crippen LogP contribution in [-0.2, 0) is 0 Å². The van der Waals surface area contributed by atoms with Crippen LogP contribution in [0.5, 0.6) is 0 Å². The van der Waals surface area contributed by atoms with Crippen molar-refractivity contribution in [3.8, 4) is 22.9 Å². The van der Waals surface area contributed by atoms with E-state index in [4.69, 9.17) is 4.98 Å². The maximum Gasteiger partial charge on any atom is 0.221 e. The van der Waals surface area contributed by atoms with E-state index in [0.717, 1.165) is 33.1 Å². The molecule has 2 aromatic carbocycles. The third kappa shape index (κ3) is 3.23. The Morgan fingerprint density at radius 1 is 0.690 bits per heavy atom. The lowest BCUT2D eigenvalue weighted by Crippen LogP contribution is -2.08. The number of pyridine rings is 2. The number of rotatable bonds is 3. The molecule has 0 saturated carbocycles. The highest BCUT2D eigenvalue weighted by Crippen LogP contribution is 2.26. The fourth-order valence-corrected chi connectivity index (χ4v) is 3.17. The lowest BCUT2D eigenvalue weighted by molar-refractivity contribution is 0.871. The largest absolute Gasteiger partial charge is 0.378 e. The molecule has 3 heterocycles. The lowest BCUT2D eigenvalue weighted by Gasteiger charge is -2.13. The number of anilines is 1. The van der Waals surface area contributed by atoms with E-state index < -0.39 is 0 Å². The van der Waals surface area contributed by atoms with Crippen molar-refractivity contribution < 1.29 is 0 Å². The summed E-state index contributed by atoms with van der Waals surface area (Å²) in [5.41, 5.74) is 4.40. The van der Waals surface area contributed by atoms with Crippen LogP contribution in [0.1, 0.15) is 0 Å². The zero-order valence-electron chi connectivity index (χ0n) is 16.0. The summed E-state index contributed by atoms with van der Waals surface area (Å²) in [5.74, 6) is 0.853. The number of benzene rings is 2. The summed E-state index contributed by atoms with van der Waals surface area (Å²) in [6, 6.07) is 19.9. The van der Waals surface area contributed by atoms with Crippen LogP contribution in [0.2, 0.25) is 0 Å². The third-order valence-electron chi connectivity index (χ3n) is 4.74. The second kappa shape index (κ2) is 6.87. The van der Waals surface area contributed by atoms with Crippen molar-refractivity contribution in [2.75, 3.05) is 19.0 Å². The van der Waals surface area contributed by atoms with Crippen molar-refractivity contribution in [1.82, 2.24) is 30.4 Å². The van der Waals surface area contributed by atoms with Crippen LogP contribution in [0.15, 0.2) is 66.9 Å². The molecule has 0 aliphatic heterocycles. The van der Waals surface area contributed by atoms with Gasteiger partial charge in [-0.3, -0.25) is 4.98 Å². The Hall–Kier alpha value is -4.00. The molecule has 140 valence electrons. The Bertz CT molecular complexity index is 1320. The molecule has 0 saturated heterocycles. The summed E-state index contributed by atoms with van der Waals surface area (Å²) >= 11 is 0. The highest BCUT2D eigenvalue weighted by molar-refractivity contribution is 5.95. The predicted molar refractivity (Wildman–Crippen MR) is 113 cm³/mol. The van der Waals surface area contributed by atoms with Crippen LogP contribution in [0.4, 0.5) is 5.69 Å². The molecule has 0 atom stereocenters. The minimum atomic E-state index is 0.399. The molecule has 7 nitrogen and oxygen atoms in total. The number of nitrogens with zero attached hydrogens (tertiary/aromatic N) is 7. The molecule has 0 N–H and O–H groups in total. The molecule has 0 bridgehead atoms. The Kier molecular flexibility index (Phi) is 4.05. The van der Waals surface area contributed by atoms with Crippen LogP contribution in [-0.4, -0.2) is 44.5 Å². The summed E-state index contributed by atoms with van der Waals surface area (Å²) in [6.45, 7) is 0. The van der Waals surface area contributed by atoms with Gasteiger partial charge in [-0.05, 0) is 36.4 Å². The molecular formula is C22H17N7. The summed E-state index contributed by atoms with van der Waals surface area (Å²) < 4.78 is 0. The van der Waals surface area contributed by atoms with Gasteiger partial charge in [-0.15, -0.1) is 20.4 Å². The molecule has 7 heteroatoms. The van der Waals surface area contributed by atoms with E-state index in [2.05, 4.69) is 54.5 Å². The maximum atomic E-state index is 4.84. The second-order valence-electron chi connectivity index (χ2n) is 6.93. The first-order valence-electron chi connectivity index (χ1n) is 9.18. The zero-order chi connectivity index (χ0) is 19.8. The number of hydrogen-bond donors (Lipinski definition) is 0. The minimum Gasteiger partial charge on any atom is -0.378 e. The molecule has 3 aromatic heterocycles. The molecule has 0 unspecified atom stereocenters. The zero-order valence-corrected chi connectivity index (χ0v) is 16.0. The highest BCUT2D eigenvalue weighted by atomic mass is 15.3. The molecular weight excluding hydrogens is 362 g/mol. The summed E-state index contributed by atoms with van der Waals surface area (Å²) in [5, 5.41) is 19.0. The van der Waals surface area contributed by atoms with Crippen molar-refractivity contribution in [1.29, 1.82) is 0 Å². The SMILES string of the molecule is CN(C)c1ccc2cc3ccc(-c4nnc(-c5ccccn5)nn4)cc3nc2c1. The second-order valence-corrected chi connectivity index (χ2v) is 6.93. The van der Waals surface area contributed by atoms with Gasteiger partial charge in [-0.1, -0.05) is 24.3 Å². The van der Waals surface area contributed by atoms with Gasteiger partial charge in [0.15, 0.2) is 0 Å². The van der Waals surface area contributed by atoms with Crippen molar-refractivity contribution >= 4 is 27.5 Å². The van der Waals surface area contributed by atoms with E-state index in [-0.39, 0.29) is 0 Å². The molecule has 29 heavy (non-hydrogen) atoms. The number of fused-ring (bicyclic) bond motifs is 2. The standard InChI is InChI=1S/C22H17N7/c1-29(2)17-9-8-15-11-14-6-7-16(12-19(14)24-20(15)13-17)21-25-27-22(28-26-21)18-5-3-4-10-23-18/h3-13H,1-2H3. The van der Waals surface area contributed by atoms with E-state index in [9.17, 15) is 0 Å². The number of hydrogen-bond acceptors (Lipinski definition) is 7. The Morgan fingerprint density at radius 2 is 1.41 bits per heavy atom. The molecule has 5 aromatic rings. The Labute approximate surface area is 167 Å². The first kappa shape index (κ1) is 17.1. The molecule has 0 aliphatic rings. The average molecular weight is 379 g/mol. The smallest absolute Gasteiger partial charge is 0.221 e. The molecule has 0 aliphatic carbocycles.